The zero-order valence-corrected chi connectivity index (χ0v) is 13.2. The molecule has 21 heavy (non-hydrogen) atoms. The molecule has 0 heterocycles. The number of nitrogens with two attached hydrogens (primary N) is 1. The molecule has 1 aliphatic carbocycles. The van der Waals surface area contributed by atoms with Crippen LogP contribution in [0.2, 0.25) is 0 Å². The first-order valence-corrected chi connectivity index (χ1v) is 7.89. The van der Waals surface area contributed by atoms with Gasteiger partial charge in [0.25, 0.3) is 0 Å². The lowest BCUT2D eigenvalue weighted by Gasteiger charge is -2.26. The van der Waals surface area contributed by atoms with Crippen LogP contribution >= 0.6 is 15.9 Å². The molecule has 110 valence electrons. The van der Waals surface area contributed by atoms with Gasteiger partial charge in [-0.25, -0.2) is 4.39 Å². The minimum atomic E-state index is -0.366. The van der Waals surface area contributed by atoms with Crippen molar-refractivity contribution in [1.82, 2.24) is 0 Å². The van der Waals surface area contributed by atoms with Crippen LogP contribution in [0.25, 0.3) is 0 Å². The van der Waals surface area contributed by atoms with E-state index in [1.807, 2.05) is 0 Å². The molecule has 2 aromatic rings. The van der Waals surface area contributed by atoms with E-state index in [1.54, 1.807) is 0 Å². The molecule has 0 fully saturated rings. The fraction of sp³-hybridized carbons (Fsp3) is 0.294. The van der Waals surface area contributed by atoms with Crippen molar-refractivity contribution >= 4 is 21.6 Å². The number of ether oxygens (including phenoxy) is 1. The van der Waals surface area contributed by atoms with E-state index in [0.29, 0.717) is 28.4 Å². The number of benzene rings is 2. The Kier molecular flexibility index (Phi) is 4.15. The maximum absolute atomic E-state index is 13.2. The van der Waals surface area contributed by atoms with Crippen molar-refractivity contribution in [3.63, 3.8) is 0 Å². The normalized spacial score (nSPS) is 17.3. The second-order valence-corrected chi connectivity index (χ2v) is 6.26. The number of halogens is 2. The lowest BCUT2D eigenvalue weighted by atomic mass is 9.83. The molecule has 0 bridgehead atoms. The number of anilines is 1. The molecule has 1 unspecified atom stereocenters. The van der Waals surface area contributed by atoms with Crippen LogP contribution in [0.4, 0.5) is 10.1 Å². The Balaban J connectivity index is 1.78. The van der Waals surface area contributed by atoms with Crippen molar-refractivity contribution in [2.24, 2.45) is 0 Å². The van der Waals surface area contributed by atoms with Crippen LogP contribution in [-0.2, 0) is 6.42 Å². The highest BCUT2D eigenvalue weighted by molar-refractivity contribution is 9.10. The summed E-state index contributed by atoms with van der Waals surface area (Å²) in [5, 5.41) is 0. The fourth-order valence-corrected chi connectivity index (χ4v) is 3.51. The molecule has 2 nitrogen and oxygen atoms in total. The molecule has 1 atom stereocenters. The number of hydrogen-bond donors (Lipinski definition) is 1. The molecular weight excluding hydrogens is 333 g/mol. The van der Waals surface area contributed by atoms with Gasteiger partial charge < -0.3 is 10.5 Å². The van der Waals surface area contributed by atoms with Gasteiger partial charge in [-0.15, -0.1) is 0 Å². The molecule has 4 heteroatoms. The topological polar surface area (TPSA) is 35.2 Å². The summed E-state index contributed by atoms with van der Waals surface area (Å²) in [5.41, 5.74) is 8.93. The summed E-state index contributed by atoms with van der Waals surface area (Å²) in [4.78, 5) is 0. The van der Waals surface area contributed by atoms with E-state index in [0.717, 1.165) is 12.8 Å². The Bertz CT molecular complexity index is 636. The first-order chi connectivity index (χ1) is 10.1. The van der Waals surface area contributed by atoms with Crippen molar-refractivity contribution < 1.29 is 9.13 Å². The van der Waals surface area contributed by atoms with Crippen LogP contribution in [0, 0.1) is 5.82 Å². The van der Waals surface area contributed by atoms with Gasteiger partial charge in [0.15, 0.2) is 5.75 Å². The van der Waals surface area contributed by atoms with Gasteiger partial charge in [0.1, 0.15) is 5.82 Å². The van der Waals surface area contributed by atoms with Crippen LogP contribution < -0.4 is 10.5 Å². The summed E-state index contributed by atoms with van der Waals surface area (Å²) in [6.45, 7) is 0.561. The number of nitrogen functional groups attached to an aromatic ring is 1. The predicted molar refractivity (Wildman–Crippen MR) is 86.1 cm³/mol. The largest absolute Gasteiger partial charge is 0.490 e. The molecule has 0 radical (unpaired) electrons. The summed E-state index contributed by atoms with van der Waals surface area (Å²) >= 11 is 3.31. The Morgan fingerprint density at radius 1 is 1.29 bits per heavy atom. The zero-order valence-electron chi connectivity index (χ0n) is 11.6. The van der Waals surface area contributed by atoms with Crippen LogP contribution in [-0.4, -0.2) is 6.61 Å². The zero-order chi connectivity index (χ0) is 14.8. The highest BCUT2D eigenvalue weighted by atomic mass is 79.9. The highest BCUT2D eigenvalue weighted by Gasteiger charge is 2.21. The Morgan fingerprint density at radius 3 is 2.90 bits per heavy atom. The van der Waals surface area contributed by atoms with E-state index >= 15 is 0 Å². The van der Waals surface area contributed by atoms with Crippen LogP contribution in [0.3, 0.4) is 0 Å². The first-order valence-electron chi connectivity index (χ1n) is 7.10. The average molecular weight is 350 g/mol. The Labute approximate surface area is 132 Å². The fourth-order valence-electron chi connectivity index (χ4n) is 2.94. The van der Waals surface area contributed by atoms with Gasteiger partial charge in [-0.1, -0.05) is 24.3 Å². The van der Waals surface area contributed by atoms with Crippen molar-refractivity contribution in [3.05, 3.63) is 57.8 Å². The molecule has 0 saturated carbocycles. The van der Waals surface area contributed by atoms with Crippen molar-refractivity contribution in [2.45, 2.75) is 25.2 Å². The lowest BCUT2D eigenvalue weighted by molar-refractivity contribution is 0.274. The third kappa shape index (κ3) is 3.05. The van der Waals surface area contributed by atoms with E-state index in [4.69, 9.17) is 10.5 Å². The standard InChI is InChI=1S/C17H17BrFNO/c18-15-8-13(19)9-16(20)17(15)21-10-12-6-3-5-11-4-1-2-7-14(11)12/h1-2,4,7-9,12H,3,5-6,10,20H2. The van der Waals surface area contributed by atoms with Gasteiger partial charge in [-0.05, 0) is 52.4 Å². The summed E-state index contributed by atoms with van der Waals surface area (Å²) in [6.07, 6.45) is 3.41. The van der Waals surface area contributed by atoms with Gasteiger partial charge in [0.2, 0.25) is 0 Å². The van der Waals surface area contributed by atoms with Gasteiger partial charge in [0, 0.05) is 12.0 Å². The highest BCUT2D eigenvalue weighted by Crippen LogP contribution is 2.36. The van der Waals surface area contributed by atoms with Gasteiger partial charge in [-0.2, -0.15) is 0 Å². The van der Waals surface area contributed by atoms with E-state index in [9.17, 15) is 4.39 Å². The second-order valence-electron chi connectivity index (χ2n) is 5.40. The molecule has 0 aliphatic heterocycles. The Morgan fingerprint density at radius 2 is 2.10 bits per heavy atom. The number of hydrogen-bond acceptors (Lipinski definition) is 2. The van der Waals surface area contributed by atoms with E-state index in [-0.39, 0.29) is 5.82 Å². The van der Waals surface area contributed by atoms with Crippen molar-refractivity contribution in [1.29, 1.82) is 0 Å². The number of fused-ring (bicyclic) bond motifs is 1. The molecule has 0 spiro atoms. The first kappa shape index (κ1) is 14.4. The number of rotatable bonds is 3. The second kappa shape index (κ2) is 6.06. The minimum Gasteiger partial charge on any atom is -0.490 e. The van der Waals surface area contributed by atoms with Gasteiger partial charge in [-0.3, -0.25) is 0 Å². The summed E-state index contributed by atoms with van der Waals surface area (Å²) in [5.74, 6) is 0.528. The van der Waals surface area contributed by atoms with Crippen LogP contribution in [0.15, 0.2) is 40.9 Å². The van der Waals surface area contributed by atoms with E-state index < -0.39 is 0 Å². The quantitative estimate of drug-likeness (QED) is 0.817. The molecule has 2 N–H and O–H groups in total. The van der Waals surface area contributed by atoms with Gasteiger partial charge >= 0.3 is 0 Å². The maximum atomic E-state index is 13.2. The molecule has 2 aromatic carbocycles. The van der Waals surface area contributed by atoms with Crippen molar-refractivity contribution in [3.8, 4) is 5.75 Å². The third-order valence-electron chi connectivity index (χ3n) is 3.96. The molecule has 3 rings (SSSR count). The molecule has 0 aromatic heterocycles. The van der Waals surface area contributed by atoms with Crippen molar-refractivity contribution in [2.75, 3.05) is 12.3 Å². The van der Waals surface area contributed by atoms with E-state index in [1.165, 1.54) is 29.7 Å². The SMILES string of the molecule is Nc1cc(F)cc(Br)c1OCC1CCCc2ccccc21. The lowest BCUT2D eigenvalue weighted by Crippen LogP contribution is -2.17. The number of aryl methyl sites for hydroxylation is 1. The summed E-state index contributed by atoms with van der Waals surface area (Å²) in [6, 6.07) is 11.2. The summed E-state index contributed by atoms with van der Waals surface area (Å²) < 4.78 is 19.7. The third-order valence-corrected chi connectivity index (χ3v) is 4.55. The maximum Gasteiger partial charge on any atom is 0.156 e. The molecule has 0 amide bonds. The van der Waals surface area contributed by atoms with E-state index in [2.05, 4.69) is 40.2 Å². The van der Waals surface area contributed by atoms with Gasteiger partial charge in [0.05, 0.1) is 16.8 Å². The molecule has 1 aliphatic rings. The predicted octanol–water partition coefficient (Wildman–Crippen LogP) is 4.67. The average Bonchev–Trinajstić information content (AvgIpc) is 2.46. The smallest absolute Gasteiger partial charge is 0.156 e. The van der Waals surface area contributed by atoms with Crippen LogP contribution in [0.1, 0.15) is 29.9 Å². The summed E-state index contributed by atoms with van der Waals surface area (Å²) in [7, 11) is 0. The minimum absolute atomic E-state index is 0.325. The molecule has 0 saturated heterocycles. The Hall–Kier alpha value is -1.55. The molecular formula is C17H17BrFNO. The monoisotopic (exact) mass is 349 g/mol. The van der Waals surface area contributed by atoms with Crippen LogP contribution in [0.5, 0.6) is 5.75 Å².